The summed E-state index contributed by atoms with van der Waals surface area (Å²) in [6.07, 6.45) is 0. The van der Waals surface area contributed by atoms with Gasteiger partial charge < -0.3 is 4.98 Å². The molecule has 0 radical (unpaired) electrons. The second-order valence-corrected chi connectivity index (χ2v) is 3.26. The summed E-state index contributed by atoms with van der Waals surface area (Å²) in [5, 5.41) is 9.09. The van der Waals surface area contributed by atoms with Crippen LogP contribution in [0, 0.1) is 11.3 Å². The van der Waals surface area contributed by atoms with Gasteiger partial charge in [-0.25, -0.2) is 4.98 Å². The molecule has 1 N–H and O–H groups in total. The number of halogens is 1. The Morgan fingerprint density at radius 3 is 3.00 bits per heavy atom. The minimum Gasteiger partial charge on any atom is -0.309 e. The molecule has 0 aliphatic carbocycles. The van der Waals surface area contributed by atoms with E-state index in [0.717, 1.165) is 0 Å². The summed E-state index contributed by atoms with van der Waals surface area (Å²) in [4.78, 5) is 18.2. The van der Waals surface area contributed by atoms with Gasteiger partial charge in [-0.15, -0.1) is 11.6 Å². The van der Waals surface area contributed by atoms with Crippen LogP contribution in [0.2, 0.25) is 0 Å². The second kappa shape index (κ2) is 3.71. The summed E-state index contributed by atoms with van der Waals surface area (Å²) in [5.41, 5.74) is 0.717. The SMILES string of the molecule is N#Cc1ccc2nc(CCl)[nH]c(=O)c2c1. The summed E-state index contributed by atoms with van der Waals surface area (Å²) < 4.78 is 0. The molecule has 2 rings (SSSR count). The molecule has 0 unspecified atom stereocenters. The summed E-state index contributed by atoms with van der Waals surface area (Å²) in [6, 6.07) is 6.74. The largest absolute Gasteiger partial charge is 0.309 e. The minimum absolute atomic E-state index is 0.158. The molecular weight excluding hydrogens is 214 g/mol. The molecular formula is C10H6ClN3O. The topological polar surface area (TPSA) is 69.5 Å². The van der Waals surface area contributed by atoms with Crippen LogP contribution in [0.25, 0.3) is 10.9 Å². The Labute approximate surface area is 90.1 Å². The Balaban J connectivity index is 2.81. The van der Waals surface area contributed by atoms with Crippen molar-refractivity contribution < 1.29 is 0 Å². The molecule has 0 aliphatic rings. The number of H-pyrrole nitrogens is 1. The smallest absolute Gasteiger partial charge is 0.258 e. The Bertz CT molecular complexity index is 612. The first-order valence-corrected chi connectivity index (χ1v) is 4.77. The van der Waals surface area contributed by atoms with Crippen molar-refractivity contribution in [3.8, 4) is 6.07 Å². The molecule has 0 amide bonds. The molecule has 2 aromatic rings. The van der Waals surface area contributed by atoms with Gasteiger partial charge >= 0.3 is 0 Å². The Hall–Kier alpha value is -1.86. The minimum atomic E-state index is -0.271. The molecule has 15 heavy (non-hydrogen) atoms. The predicted octanol–water partition coefficient (Wildman–Crippen LogP) is 1.53. The molecule has 4 nitrogen and oxygen atoms in total. The molecule has 0 aliphatic heterocycles. The van der Waals surface area contributed by atoms with Gasteiger partial charge in [0.1, 0.15) is 5.82 Å². The molecule has 0 spiro atoms. The van der Waals surface area contributed by atoms with Gasteiger partial charge in [-0.1, -0.05) is 0 Å². The fourth-order valence-corrected chi connectivity index (χ4v) is 1.45. The maximum Gasteiger partial charge on any atom is 0.258 e. The Kier molecular flexibility index (Phi) is 2.40. The van der Waals surface area contributed by atoms with Crippen molar-refractivity contribution in [3.63, 3.8) is 0 Å². The van der Waals surface area contributed by atoms with E-state index in [2.05, 4.69) is 9.97 Å². The molecule has 1 heterocycles. The van der Waals surface area contributed by atoms with Crippen molar-refractivity contribution in [2.45, 2.75) is 5.88 Å². The number of benzene rings is 1. The molecule has 0 saturated heterocycles. The summed E-state index contributed by atoms with van der Waals surface area (Å²) in [7, 11) is 0. The van der Waals surface area contributed by atoms with Gasteiger partial charge in [0.2, 0.25) is 0 Å². The van der Waals surface area contributed by atoms with Crippen LogP contribution in [-0.4, -0.2) is 9.97 Å². The molecule has 0 saturated carbocycles. The highest BCUT2D eigenvalue weighted by Crippen LogP contribution is 2.10. The Morgan fingerprint density at radius 1 is 1.53 bits per heavy atom. The predicted molar refractivity (Wildman–Crippen MR) is 56.6 cm³/mol. The van der Waals surface area contributed by atoms with Crippen molar-refractivity contribution >= 4 is 22.5 Å². The van der Waals surface area contributed by atoms with E-state index in [1.165, 1.54) is 6.07 Å². The quantitative estimate of drug-likeness (QED) is 0.740. The molecule has 74 valence electrons. The van der Waals surface area contributed by atoms with Gasteiger partial charge in [0.15, 0.2) is 0 Å². The first kappa shape index (κ1) is 9.69. The fourth-order valence-electron chi connectivity index (χ4n) is 1.32. The van der Waals surface area contributed by atoms with Gasteiger partial charge in [-0.05, 0) is 18.2 Å². The van der Waals surface area contributed by atoms with Crippen molar-refractivity contribution in [2.75, 3.05) is 0 Å². The van der Waals surface area contributed by atoms with Crippen molar-refractivity contribution in [1.82, 2.24) is 9.97 Å². The average molecular weight is 220 g/mol. The number of alkyl halides is 1. The summed E-state index contributed by atoms with van der Waals surface area (Å²) >= 11 is 5.57. The first-order chi connectivity index (χ1) is 7.24. The van der Waals surface area contributed by atoms with E-state index >= 15 is 0 Å². The number of nitrogens with zero attached hydrogens (tertiary/aromatic N) is 2. The maximum absolute atomic E-state index is 11.6. The third-order valence-electron chi connectivity index (χ3n) is 2.01. The molecule has 5 heteroatoms. The van der Waals surface area contributed by atoms with Crippen LogP contribution in [0.4, 0.5) is 0 Å². The highest BCUT2D eigenvalue weighted by atomic mass is 35.5. The highest BCUT2D eigenvalue weighted by molar-refractivity contribution is 6.16. The van der Waals surface area contributed by atoms with E-state index in [1.54, 1.807) is 12.1 Å². The first-order valence-electron chi connectivity index (χ1n) is 4.23. The van der Waals surface area contributed by atoms with Gasteiger partial charge in [0, 0.05) is 0 Å². The van der Waals surface area contributed by atoms with Crippen LogP contribution >= 0.6 is 11.6 Å². The Morgan fingerprint density at radius 2 is 2.33 bits per heavy atom. The van der Waals surface area contributed by atoms with Crippen molar-refractivity contribution in [2.24, 2.45) is 0 Å². The van der Waals surface area contributed by atoms with E-state index < -0.39 is 0 Å². The summed E-state index contributed by atoms with van der Waals surface area (Å²) in [6.45, 7) is 0. The number of rotatable bonds is 1. The number of hydrogen-bond donors (Lipinski definition) is 1. The zero-order chi connectivity index (χ0) is 10.8. The number of aromatic amines is 1. The third kappa shape index (κ3) is 1.69. The van der Waals surface area contributed by atoms with Gasteiger partial charge in [-0.3, -0.25) is 4.79 Å². The normalized spacial score (nSPS) is 10.1. The monoisotopic (exact) mass is 219 g/mol. The van der Waals surface area contributed by atoms with Crippen LogP contribution in [0.5, 0.6) is 0 Å². The lowest BCUT2D eigenvalue weighted by Crippen LogP contribution is -2.10. The van der Waals surface area contributed by atoms with Crippen LogP contribution in [0.3, 0.4) is 0 Å². The van der Waals surface area contributed by atoms with E-state index in [-0.39, 0.29) is 11.4 Å². The highest BCUT2D eigenvalue weighted by Gasteiger charge is 2.03. The number of nitriles is 1. The van der Waals surface area contributed by atoms with Crippen LogP contribution < -0.4 is 5.56 Å². The molecule has 1 aromatic carbocycles. The molecule has 1 aromatic heterocycles. The van der Waals surface area contributed by atoms with Gasteiger partial charge in [0.05, 0.1) is 28.4 Å². The van der Waals surface area contributed by atoms with E-state index in [4.69, 9.17) is 16.9 Å². The number of hydrogen-bond acceptors (Lipinski definition) is 3. The second-order valence-electron chi connectivity index (χ2n) is 2.99. The zero-order valence-corrected chi connectivity index (χ0v) is 8.38. The van der Waals surface area contributed by atoms with Crippen molar-refractivity contribution in [1.29, 1.82) is 5.26 Å². The van der Waals surface area contributed by atoms with E-state index in [0.29, 0.717) is 22.3 Å². The molecule has 0 fully saturated rings. The average Bonchev–Trinajstić information content (AvgIpc) is 2.28. The van der Waals surface area contributed by atoms with Crippen molar-refractivity contribution in [3.05, 3.63) is 39.9 Å². The van der Waals surface area contributed by atoms with Gasteiger partial charge in [0.25, 0.3) is 5.56 Å². The number of aromatic nitrogens is 2. The maximum atomic E-state index is 11.6. The lowest BCUT2D eigenvalue weighted by Gasteiger charge is -1.99. The van der Waals surface area contributed by atoms with E-state index in [1.807, 2.05) is 6.07 Å². The number of nitrogens with one attached hydrogen (secondary N) is 1. The van der Waals surface area contributed by atoms with Crippen LogP contribution in [0.15, 0.2) is 23.0 Å². The molecule has 0 atom stereocenters. The number of fused-ring (bicyclic) bond motifs is 1. The standard InChI is InChI=1S/C10H6ClN3O/c11-4-9-13-8-2-1-6(5-12)3-7(8)10(15)14-9/h1-3H,4H2,(H,13,14,15). The van der Waals surface area contributed by atoms with Crippen LogP contribution in [-0.2, 0) is 5.88 Å². The summed E-state index contributed by atoms with van der Waals surface area (Å²) in [5.74, 6) is 0.587. The van der Waals surface area contributed by atoms with E-state index in [9.17, 15) is 4.79 Å². The van der Waals surface area contributed by atoms with Gasteiger partial charge in [-0.2, -0.15) is 5.26 Å². The zero-order valence-electron chi connectivity index (χ0n) is 7.62. The fraction of sp³-hybridized carbons (Fsp3) is 0.100. The lowest BCUT2D eigenvalue weighted by molar-refractivity contribution is 1.03. The molecule has 0 bridgehead atoms. The third-order valence-corrected chi connectivity index (χ3v) is 2.26. The van der Waals surface area contributed by atoms with Crippen LogP contribution in [0.1, 0.15) is 11.4 Å². The lowest BCUT2D eigenvalue weighted by atomic mass is 10.1.